The van der Waals surface area contributed by atoms with Crippen molar-refractivity contribution in [2.75, 3.05) is 18.4 Å². The molecule has 2 N–H and O–H groups in total. The maximum atomic E-state index is 12.6. The summed E-state index contributed by atoms with van der Waals surface area (Å²) in [5, 5.41) is 12.4. The van der Waals surface area contributed by atoms with Gasteiger partial charge in [0.05, 0.1) is 10.6 Å². The number of phenolic OH excluding ortho intramolecular Hbond substituents is 1. The topological polar surface area (TPSA) is 95.9 Å². The van der Waals surface area contributed by atoms with E-state index in [1.807, 2.05) is 0 Å². The summed E-state index contributed by atoms with van der Waals surface area (Å²) in [6.45, 7) is -2.20. The average Bonchev–Trinajstić information content (AvgIpc) is 3.18. The summed E-state index contributed by atoms with van der Waals surface area (Å²) >= 11 is 0. The van der Waals surface area contributed by atoms with Crippen molar-refractivity contribution < 1.29 is 31.8 Å². The number of amides is 1. The van der Waals surface area contributed by atoms with Gasteiger partial charge in [-0.2, -0.15) is 13.1 Å². The number of hydrogen-bond donors (Lipinski definition) is 2. The van der Waals surface area contributed by atoms with E-state index in [1.54, 1.807) is 0 Å². The van der Waals surface area contributed by atoms with Gasteiger partial charge in [-0.15, -0.1) is 0 Å². The highest BCUT2D eigenvalue weighted by molar-refractivity contribution is 7.89. The summed E-state index contributed by atoms with van der Waals surface area (Å²) in [6, 6.07) is 8.72. The zero-order chi connectivity index (χ0) is 20.3. The molecule has 1 fully saturated rings. The highest BCUT2D eigenvalue weighted by Crippen LogP contribution is 2.30. The van der Waals surface area contributed by atoms with E-state index in [9.17, 15) is 27.1 Å². The van der Waals surface area contributed by atoms with Crippen molar-refractivity contribution in [2.24, 2.45) is 0 Å². The molecule has 1 aliphatic rings. The Morgan fingerprint density at radius 3 is 2.54 bits per heavy atom. The third kappa shape index (κ3) is 4.39. The van der Waals surface area contributed by atoms with E-state index in [4.69, 9.17) is 0 Å². The van der Waals surface area contributed by atoms with Crippen LogP contribution in [0.4, 0.5) is 14.5 Å². The van der Waals surface area contributed by atoms with Gasteiger partial charge in [-0.3, -0.25) is 4.79 Å². The fraction of sp³-hybridized carbons (Fsp3) is 0.278. The quantitative estimate of drug-likeness (QED) is 0.711. The largest absolute Gasteiger partial charge is 0.506 e. The lowest BCUT2D eigenvalue weighted by atomic mass is 10.2. The Kier molecular flexibility index (Phi) is 5.80. The highest BCUT2D eigenvalue weighted by atomic mass is 32.2. The predicted molar refractivity (Wildman–Crippen MR) is 97.1 cm³/mol. The molecule has 1 aliphatic heterocycles. The molecule has 0 saturated carbocycles. The minimum absolute atomic E-state index is 0.00496. The second kappa shape index (κ2) is 8.11. The van der Waals surface area contributed by atoms with E-state index in [1.165, 1.54) is 40.7 Å². The van der Waals surface area contributed by atoms with Crippen LogP contribution in [0.25, 0.3) is 0 Å². The zero-order valence-corrected chi connectivity index (χ0v) is 15.5. The number of nitrogens with one attached hydrogen (secondary N) is 1. The number of aromatic hydroxyl groups is 1. The second-order valence-electron chi connectivity index (χ2n) is 6.15. The lowest BCUT2D eigenvalue weighted by molar-refractivity contribution is -0.0498. The molecule has 2 aromatic carbocycles. The molecule has 28 heavy (non-hydrogen) atoms. The standard InChI is InChI=1S/C18H18F2N2O5S/c19-18(20)27-13-5-3-4-12(10-13)17(24)21-15-11-14(6-7-16(15)23)28(25,26)22-8-1-2-9-22/h3-7,10-11,18,23H,1-2,8-9H2,(H,21,24). The number of carbonyl (C=O) groups excluding carboxylic acids is 1. The zero-order valence-electron chi connectivity index (χ0n) is 14.6. The van der Waals surface area contributed by atoms with Gasteiger partial charge >= 0.3 is 6.61 Å². The van der Waals surface area contributed by atoms with Crippen molar-refractivity contribution >= 4 is 21.6 Å². The van der Waals surface area contributed by atoms with E-state index in [-0.39, 0.29) is 27.6 Å². The molecule has 0 aromatic heterocycles. The molecule has 0 radical (unpaired) electrons. The number of halogens is 2. The summed E-state index contributed by atoms with van der Waals surface area (Å²) in [6.07, 6.45) is 1.55. The lowest BCUT2D eigenvalue weighted by Crippen LogP contribution is -2.28. The van der Waals surface area contributed by atoms with Crippen LogP contribution in [0.3, 0.4) is 0 Å². The second-order valence-corrected chi connectivity index (χ2v) is 8.09. The fourth-order valence-corrected chi connectivity index (χ4v) is 4.41. The van der Waals surface area contributed by atoms with E-state index in [2.05, 4.69) is 10.1 Å². The maximum Gasteiger partial charge on any atom is 0.387 e. The van der Waals surface area contributed by atoms with Gasteiger partial charge in [-0.25, -0.2) is 8.42 Å². The minimum atomic E-state index is -3.73. The van der Waals surface area contributed by atoms with Crippen molar-refractivity contribution in [3.63, 3.8) is 0 Å². The molecule has 2 aromatic rings. The van der Waals surface area contributed by atoms with Crippen molar-refractivity contribution in [1.29, 1.82) is 0 Å². The highest BCUT2D eigenvalue weighted by Gasteiger charge is 2.28. The van der Waals surface area contributed by atoms with Crippen molar-refractivity contribution in [1.82, 2.24) is 4.31 Å². The van der Waals surface area contributed by atoms with E-state index >= 15 is 0 Å². The molecule has 0 atom stereocenters. The lowest BCUT2D eigenvalue weighted by Gasteiger charge is -2.17. The van der Waals surface area contributed by atoms with Gasteiger partial charge in [-0.1, -0.05) is 6.07 Å². The van der Waals surface area contributed by atoms with Crippen LogP contribution in [0, 0.1) is 0 Å². The molecule has 150 valence electrons. The van der Waals surface area contributed by atoms with Gasteiger partial charge in [0.2, 0.25) is 10.0 Å². The molecule has 1 amide bonds. The van der Waals surface area contributed by atoms with Crippen LogP contribution in [0.15, 0.2) is 47.4 Å². The molecule has 1 saturated heterocycles. The Bertz CT molecular complexity index is 976. The molecule has 0 unspecified atom stereocenters. The number of sulfonamides is 1. The number of carbonyl (C=O) groups is 1. The van der Waals surface area contributed by atoms with Crippen LogP contribution in [0.1, 0.15) is 23.2 Å². The molecule has 3 rings (SSSR count). The molecule has 0 spiro atoms. The van der Waals surface area contributed by atoms with Gasteiger partial charge in [0, 0.05) is 18.7 Å². The number of phenols is 1. The molecule has 0 bridgehead atoms. The first-order valence-corrected chi connectivity index (χ1v) is 9.91. The third-order valence-electron chi connectivity index (χ3n) is 4.24. The molecule has 7 nitrogen and oxygen atoms in total. The number of hydrogen-bond acceptors (Lipinski definition) is 5. The van der Waals surface area contributed by atoms with Crippen LogP contribution >= 0.6 is 0 Å². The molecule has 1 heterocycles. The van der Waals surface area contributed by atoms with Crippen LogP contribution in [0.5, 0.6) is 11.5 Å². The van der Waals surface area contributed by atoms with Crippen LogP contribution in [-0.4, -0.2) is 43.4 Å². The number of rotatable bonds is 6. The molecule has 0 aliphatic carbocycles. The van der Waals surface area contributed by atoms with Crippen molar-refractivity contribution in [3.05, 3.63) is 48.0 Å². The van der Waals surface area contributed by atoms with Gasteiger partial charge in [0.25, 0.3) is 5.91 Å². The first-order valence-electron chi connectivity index (χ1n) is 8.47. The molecule has 10 heteroatoms. The summed E-state index contributed by atoms with van der Waals surface area (Å²) in [5.74, 6) is -1.24. The third-order valence-corrected chi connectivity index (χ3v) is 6.14. The minimum Gasteiger partial charge on any atom is -0.506 e. The first-order chi connectivity index (χ1) is 13.3. The summed E-state index contributed by atoms with van der Waals surface area (Å²) in [4.78, 5) is 12.3. The average molecular weight is 412 g/mol. The number of alkyl halides is 2. The number of anilines is 1. The SMILES string of the molecule is O=C(Nc1cc(S(=O)(=O)N2CCCC2)ccc1O)c1cccc(OC(F)F)c1. The fourth-order valence-electron chi connectivity index (χ4n) is 2.86. The molecular formula is C18H18F2N2O5S. The van der Waals surface area contributed by atoms with Gasteiger partial charge in [0.1, 0.15) is 11.5 Å². The normalized spacial score (nSPS) is 15.0. The Balaban J connectivity index is 1.83. The number of nitrogens with zero attached hydrogens (tertiary/aromatic N) is 1. The Hall–Kier alpha value is -2.72. The van der Waals surface area contributed by atoms with Gasteiger partial charge in [-0.05, 0) is 49.2 Å². The Morgan fingerprint density at radius 2 is 1.86 bits per heavy atom. The Labute approximate surface area is 160 Å². The van der Waals surface area contributed by atoms with Crippen LogP contribution in [0.2, 0.25) is 0 Å². The van der Waals surface area contributed by atoms with Crippen molar-refractivity contribution in [3.8, 4) is 11.5 Å². The molecular weight excluding hydrogens is 394 g/mol. The summed E-state index contributed by atoms with van der Waals surface area (Å²) in [7, 11) is -3.73. The van der Waals surface area contributed by atoms with Crippen LogP contribution in [-0.2, 0) is 10.0 Å². The van der Waals surface area contributed by atoms with E-state index in [0.717, 1.165) is 18.9 Å². The van der Waals surface area contributed by atoms with Gasteiger partial charge in [0.15, 0.2) is 0 Å². The maximum absolute atomic E-state index is 12.6. The number of ether oxygens (including phenoxy) is 1. The predicted octanol–water partition coefficient (Wildman–Crippen LogP) is 3.03. The summed E-state index contributed by atoms with van der Waals surface area (Å²) in [5.41, 5.74) is -0.101. The smallest absolute Gasteiger partial charge is 0.387 e. The summed E-state index contributed by atoms with van der Waals surface area (Å²) < 4.78 is 55.5. The first kappa shape index (κ1) is 20.0. The number of benzene rings is 2. The monoisotopic (exact) mass is 412 g/mol. The van der Waals surface area contributed by atoms with Crippen molar-refractivity contribution in [2.45, 2.75) is 24.3 Å². The van der Waals surface area contributed by atoms with E-state index < -0.39 is 22.5 Å². The Morgan fingerprint density at radius 1 is 1.14 bits per heavy atom. The van der Waals surface area contributed by atoms with Crippen LogP contribution < -0.4 is 10.1 Å². The van der Waals surface area contributed by atoms with Gasteiger partial charge < -0.3 is 15.2 Å². The van der Waals surface area contributed by atoms with E-state index in [0.29, 0.717) is 13.1 Å².